The van der Waals surface area contributed by atoms with E-state index in [1.807, 2.05) is 30.3 Å². The second-order valence-corrected chi connectivity index (χ2v) is 5.29. The lowest BCUT2D eigenvalue weighted by molar-refractivity contribution is 1.05. The second-order valence-electron chi connectivity index (χ2n) is 4.35. The molecule has 0 radical (unpaired) electrons. The Labute approximate surface area is 121 Å². The van der Waals surface area contributed by atoms with Crippen molar-refractivity contribution in [1.82, 2.24) is 9.97 Å². The van der Waals surface area contributed by atoms with Crippen molar-refractivity contribution in [2.24, 2.45) is 5.84 Å². The number of aromatic nitrogens is 2. The molecule has 5 heteroatoms. The molecule has 1 aromatic carbocycles. The van der Waals surface area contributed by atoms with Crippen molar-refractivity contribution < 1.29 is 0 Å². The van der Waals surface area contributed by atoms with Crippen LogP contribution < -0.4 is 11.3 Å². The fraction of sp³-hybridized carbons (Fsp3) is 0.0667. The number of benzene rings is 1. The standard InChI is InChI=1S/C15H14N4S/c16-19-12-6-7-17-13(8-12)9-15-18-14(10-20-15)11-4-2-1-3-5-11/h1-8,10H,9,16H2,(H,17,19). The Balaban J connectivity index is 1.80. The fourth-order valence-corrected chi connectivity index (χ4v) is 2.77. The largest absolute Gasteiger partial charge is 0.324 e. The summed E-state index contributed by atoms with van der Waals surface area (Å²) in [5, 5.41) is 3.13. The lowest BCUT2D eigenvalue weighted by Crippen LogP contribution is -2.07. The summed E-state index contributed by atoms with van der Waals surface area (Å²) in [7, 11) is 0. The Morgan fingerprint density at radius 1 is 1.15 bits per heavy atom. The van der Waals surface area contributed by atoms with Crippen molar-refractivity contribution in [2.45, 2.75) is 6.42 Å². The Hall–Kier alpha value is -2.24. The van der Waals surface area contributed by atoms with Crippen molar-refractivity contribution in [3.63, 3.8) is 0 Å². The van der Waals surface area contributed by atoms with Crippen LogP contribution in [0.4, 0.5) is 5.69 Å². The van der Waals surface area contributed by atoms with E-state index >= 15 is 0 Å². The van der Waals surface area contributed by atoms with Crippen molar-refractivity contribution >= 4 is 17.0 Å². The van der Waals surface area contributed by atoms with Gasteiger partial charge in [0, 0.05) is 29.3 Å². The molecule has 2 aromatic heterocycles. The van der Waals surface area contributed by atoms with E-state index in [-0.39, 0.29) is 0 Å². The van der Waals surface area contributed by atoms with E-state index in [2.05, 4.69) is 32.9 Å². The Morgan fingerprint density at radius 3 is 2.80 bits per heavy atom. The molecule has 0 saturated heterocycles. The maximum Gasteiger partial charge on any atom is 0.0992 e. The molecule has 3 N–H and O–H groups in total. The highest BCUT2D eigenvalue weighted by molar-refractivity contribution is 7.10. The highest BCUT2D eigenvalue weighted by atomic mass is 32.1. The molecule has 0 aliphatic rings. The number of nitrogens with zero attached hydrogens (tertiary/aromatic N) is 2. The van der Waals surface area contributed by atoms with Gasteiger partial charge in [-0.05, 0) is 12.1 Å². The third-order valence-electron chi connectivity index (χ3n) is 2.94. The monoisotopic (exact) mass is 282 g/mol. The zero-order chi connectivity index (χ0) is 13.8. The normalized spacial score (nSPS) is 10.4. The predicted molar refractivity (Wildman–Crippen MR) is 82.4 cm³/mol. The third-order valence-corrected chi connectivity index (χ3v) is 3.79. The molecule has 0 fully saturated rings. The molecule has 0 bridgehead atoms. The molecular weight excluding hydrogens is 268 g/mol. The summed E-state index contributed by atoms with van der Waals surface area (Å²) in [6, 6.07) is 13.9. The number of rotatable bonds is 4. The minimum Gasteiger partial charge on any atom is -0.324 e. The van der Waals surface area contributed by atoms with Gasteiger partial charge in [-0.25, -0.2) is 4.98 Å². The summed E-state index contributed by atoms with van der Waals surface area (Å²) in [6.45, 7) is 0. The zero-order valence-electron chi connectivity index (χ0n) is 10.8. The van der Waals surface area contributed by atoms with Crippen LogP contribution in [0.25, 0.3) is 11.3 Å². The molecule has 2 heterocycles. The number of anilines is 1. The number of hydrogen-bond acceptors (Lipinski definition) is 5. The van der Waals surface area contributed by atoms with E-state index in [0.717, 1.165) is 27.6 Å². The molecule has 3 rings (SSSR count). The van der Waals surface area contributed by atoms with Gasteiger partial charge in [0.05, 0.1) is 16.4 Å². The maximum absolute atomic E-state index is 5.40. The van der Waals surface area contributed by atoms with Crippen molar-refractivity contribution in [3.8, 4) is 11.3 Å². The predicted octanol–water partition coefficient (Wildman–Crippen LogP) is 3.08. The average molecular weight is 282 g/mol. The van der Waals surface area contributed by atoms with Gasteiger partial charge in [-0.1, -0.05) is 30.3 Å². The van der Waals surface area contributed by atoms with Gasteiger partial charge >= 0.3 is 0 Å². The van der Waals surface area contributed by atoms with Crippen molar-refractivity contribution in [3.05, 3.63) is 64.7 Å². The highest BCUT2D eigenvalue weighted by Crippen LogP contribution is 2.23. The summed E-state index contributed by atoms with van der Waals surface area (Å²) in [4.78, 5) is 8.99. The van der Waals surface area contributed by atoms with Crippen LogP contribution in [-0.4, -0.2) is 9.97 Å². The molecule has 3 aromatic rings. The second kappa shape index (κ2) is 5.81. The van der Waals surface area contributed by atoms with Crippen LogP contribution in [0, 0.1) is 0 Å². The molecule has 0 spiro atoms. The minimum atomic E-state index is 0.715. The molecule has 0 unspecified atom stereocenters. The van der Waals surface area contributed by atoms with Crippen LogP contribution in [0.1, 0.15) is 10.7 Å². The number of hydrazine groups is 1. The minimum absolute atomic E-state index is 0.715. The molecule has 0 atom stereocenters. The topological polar surface area (TPSA) is 63.8 Å². The van der Waals surface area contributed by atoms with E-state index in [0.29, 0.717) is 6.42 Å². The van der Waals surface area contributed by atoms with E-state index < -0.39 is 0 Å². The fourth-order valence-electron chi connectivity index (χ4n) is 1.95. The summed E-state index contributed by atoms with van der Waals surface area (Å²) < 4.78 is 0. The summed E-state index contributed by atoms with van der Waals surface area (Å²) >= 11 is 1.65. The maximum atomic E-state index is 5.40. The molecule has 100 valence electrons. The quantitative estimate of drug-likeness (QED) is 0.570. The van der Waals surface area contributed by atoms with Gasteiger partial charge in [0.15, 0.2) is 0 Å². The Morgan fingerprint density at radius 2 is 2.00 bits per heavy atom. The summed E-state index contributed by atoms with van der Waals surface area (Å²) in [6.07, 6.45) is 2.46. The molecule has 0 saturated carbocycles. The van der Waals surface area contributed by atoms with Gasteiger partial charge in [-0.15, -0.1) is 11.3 Å². The first-order valence-corrected chi connectivity index (χ1v) is 7.14. The lowest BCUT2D eigenvalue weighted by Gasteiger charge is -2.01. The first-order chi connectivity index (χ1) is 9.85. The molecule has 20 heavy (non-hydrogen) atoms. The van der Waals surface area contributed by atoms with Crippen LogP contribution in [0.3, 0.4) is 0 Å². The van der Waals surface area contributed by atoms with Crippen LogP contribution in [-0.2, 0) is 6.42 Å². The number of thiazole rings is 1. The molecule has 4 nitrogen and oxygen atoms in total. The van der Waals surface area contributed by atoms with Gasteiger partial charge in [0.2, 0.25) is 0 Å². The van der Waals surface area contributed by atoms with Crippen molar-refractivity contribution in [2.75, 3.05) is 5.43 Å². The molecule has 0 amide bonds. The third kappa shape index (κ3) is 2.84. The van der Waals surface area contributed by atoms with E-state index in [9.17, 15) is 0 Å². The van der Waals surface area contributed by atoms with Crippen molar-refractivity contribution in [1.29, 1.82) is 0 Å². The molecule has 0 aliphatic carbocycles. The number of nitrogens with two attached hydrogens (primary N) is 1. The van der Waals surface area contributed by atoms with E-state index in [1.54, 1.807) is 17.5 Å². The SMILES string of the molecule is NNc1ccnc(Cc2nc(-c3ccccc3)cs2)c1. The summed E-state index contributed by atoms with van der Waals surface area (Å²) in [5.41, 5.74) is 6.59. The smallest absolute Gasteiger partial charge is 0.0992 e. The van der Waals surface area contributed by atoms with Gasteiger partial charge in [0.1, 0.15) is 0 Å². The van der Waals surface area contributed by atoms with Crippen LogP contribution >= 0.6 is 11.3 Å². The molecule has 0 aliphatic heterocycles. The lowest BCUT2D eigenvalue weighted by atomic mass is 10.2. The number of pyridine rings is 1. The number of hydrogen-bond donors (Lipinski definition) is 2. The first-order valence-electron chi connectivity index (χ1n) is 6.26. The number of nitrogen functional groups attached to an aromatic ring is 1. The van der Waals surface area contributed by atoms with Crippen LogP contribution in [0.15, 0.2) is 54.0 Å². The average Bonchev–Trinajstić information content (AvgIpc) is 2.97. The van der Waals surface area contributed by atoms with Crippen LogP contribution in [0.5, 0.6) is 0 Å². The highest BCUT2D eigenvalue weighted by Gasteiger charge is 2.06. The molecular formula is C15H14N4S. The zero-order valence-corrected chi connectivity index (χ0v) is 11.6. The van der Waals surface area contributed by atoms with Crippen LogP contribution in [0.2, 0.25) is 0 Å². The van der Waals surface area contributed by atoms with E-state index in [1.165, 1.54) is 0 Å². The Bertz CT molecular complexity index is 694. The van der Waals surface area contributed by atoms with Gasteiger partial charge < -0.3 is 5.43 Å². The first kappa shape index (κ1) is 12.8. The van der Waals surface area contributed by atoms with Gasteiger partial charge in [0.25, 0.3) is 0 Å². The van der Waals surface area contributed by atoms with Gasteiger partial charge in [-0.2, -0.15) is 0 Å². The van der Waals surface area contributed by atoms with E-state index in [4.69, 9.17) is 5.84 Å². The Kier molecular flexibility index (Phi) is 3.71. The number of nitrogens with one attached hydrogen (secondary N) is 1. The summed E-state index contributed by atoms with van der Waals surface area (Å²) in [5.74, 6) is 5.40. The van der Waals surface area contributed by atoms with Gasteiger partial charge in [-0.3, -0.25) is 10.8 Å².